The Bertz CT molecular complexity index is 834. The molecule has 0 fully saturated rings. The van der Waals surface area contributed by atoms with Crippen molar-refractivity contribution in [3.8, 4) is 11.3 Å². The van der Waals surface area contributed by atoms with E-state index < -0.39 is 6.10 Å². The van der Waals surface area contributed by atoms with Gasteiger partial charge in [0.2, 0.25) is 0 Å². The van der Waals surface area contributed by atoms with Crippen LogP contribution in [0.4, 0.5) is 5.69 Å². The van der Waals surface area contributed by atoms with E-state index in [0.717, 1.165) is 5.56 Å². The van der Waals surface area contributed by atoms with E-state index in [9.17, 15) is 5.11 Å². The number of hydrogen-bond acceptors (Lipinski definition) is 4. The van der Waals surface area contributed by atoms with Crippen LogP contribution in [-0.4, -0.2) is 20.1 Å². The summed E-state index contributed by atoms with van der Waals surface area (Å²) in [7, 11) is 0. The minimum absolute atomic E-state index is 0.233. The van der Waals surface area contributed by atoms with E-state index in [2.05, 4.69) is 10.3 Å². The van der Waals surface area contributed by atoms with Crippen LogP contribution in [0.2, 0.25) is 10.0 Å². The van der Waals surface area contributed by atoms with Gasteiger partial charge >= 0.3 is 0 Å². The quantitative estimate of drug-likeness (QED) is 0.706. The van der Waals surface area contributed by atoms with Gasteiger partial charge in [-0.3, -0.25) is 0 Å². The van der Waals surface area contributed by atoms with Crippen molar-refractivity contribution >= 4 is 28.9 Å². The lowest BCUT2D eigenvalue weighted by Crippen LogP contribution is -2.09. The fourth-order valence-electron chi connectivity index (χ4n) is 2.27. The molecule has 1 aromatic heterocycles. The number of benzene rings is 2. The molecule has 23 heavy (non-hydrogen) atoms. The summed E-state index contributed by atoms with van der Waals surface area (Å²) >= 11 is 12.0. The van der Waals surface area contributed by atoms with Crippen LogP contribution < -0.4 is 5.73 Å². The molecule has 0 spiro atoms. The van der Waals surface area contributed by atoms with E-state index in [0.29, 0.717) is 27.0 Å². The van der Waals surface area contributed by atoms with Crippen molar-refractivity contribution in [1.29, 1.82) is 0 Å². The molecule has 7 heteroatoms. The van der Waals surface area contributed by atoms with Crippen molar-refractivity contribution in [2.24, 2.45) is 0 Å². The second-order valence-corrected chi connectivity index (χ2v) is 5.98. The summed E-state index contributed by atoms with van der Waals surface area (Å²) in [5.74, 6) is 0. The molecule has 0 radical (unpaired) electrons. The van der Waals surface area contributed by atoms with E-state index in [1.54, 1.807) is 35.1 Å². The normalized spacial score (nSPS) is 12.3. The standard InChI is InChI=1S/C16H14Cl2N4O/c17-11-4-5-13(14(18)7-11)16(23)9-22-8-15(20-21-22)10-2-1-3-12(19)6-10/h1-8,16,23H,9,19H2. The summed E-state index contributed by atoms with van der Waals surface area (Å²) in [4.78, 5) is 0. The van der Waals surface area contributed by atoms with E-state index in [-0.39, 0.29) is 6.54 Å². The number of anilines is 1. The number of aliphatic hydroxyl groups is 1. The maximum absolute atomic E-state index is 10.3. The minimum atomic E-state index is -0.810. The van der Waals surface area contributed by atoms with Crippen LogP contribution in [0.25, 0.3) is 11.3 Å². The molecule has 5 nitrogen and oxygen atoms in total. The Morgan fingerprint density at radius 2 is 2.00 bits per heavy atom. The summed E-state index contributed by atoms with van der Waals surface area (Å²) in [6.07, 6.45) is 0.942. The number of nitrogens with two attached hydrogens (primary N) is 1. The highest BCUT2D eigenvalue weighted by Crippen LogP contribution is 2.27. The highest BCUT2D eigenvalue weighted by atomic mass is 35.5. The molecule has 2 aromatic carbocycles. The van der Waals surface area contributed by atoms with Crippen LogP contribution in [0.15, 0.2) is 48.7 Å². The second-order valence-electron chi connectivity index (χ2n) is 5.13. The third-order valence-corrected chi connectivity index (χ3v) is 3.96. The minimum Gasteiger partial charge on any atom is -0.399 e. The van der Waals surface area contributed by atoms with Gasteiger partial charge in [0.15, 0.2) is 0 Å². The van der Waals surface area contributed by atoms with Gasteiger partial charge in [-0.2, -0.15) is 0 Å². The fourth-order valence-corrected chi connectivity index (χ4v) is 2.80. The Balaban J connectivity index is 1.78. The summed E-state index contributed by atoms with van der Waals surface area (Å²) in [6.45, 7) is 0.233. The van der Waals surface area contributed by atoms with Crippen molar-refractivity contribution in [3.05, 3.63) is 64.3 Å². The van der Waals surface area contributed by atoms with Gasteiger partial charge in [0.1, 0.15) is 11.8 Å². The number of nitrogen functional groups attached to an aromatic ring is 1. The Hall–Kier alpha value is -2.08. The van der Waals surface area contributed by atoms with Crippen molar-refractivity contribution < 1.29 is 5.11 Å². The number of nitrogens with zero attached hydrogens (tertiary/aromatic N) is 3. The van der Waals surface area contributed by atoms with Gasteiger partial charge in [-0.1, -0.05) is 46.6 Å². The van der Waals surface area contributed by atoms with E-state index in [4.69, 9.17) is 28.9 Å². The second kappa shape index (κ2) is 6.58. The summed E-state index contributed by atoms with van der Waals surface area (Å²) < 4.78 is 1.56. The highest BCUT2D eigenvalue weighted by Gasteiger charge is 2.14. The van der Waals surface area contributed by atoms with Gasteiger partial charge in [-0.05, 0) is 24.3 Å². The van der Waals surface area contributed by atoms with Gasteiger partial charge in [-0.25, -0.2) is 4.68 Å². The zero-order valence-corrected chi connectivity index (χ0v) is 13.5. The third-order valence-electron chi connectivity index (χ3n) is 3.40. The molecule has 3 rings (SSSR count). The highest BCUT2D eigenvalue weighted by molar-refractivity contribution is 6.35. The predicted octanol–water partition coefficient (Wildman–Crippen LogP) is 3.57. The van der Waals surface area contributed by atoms with Crippen molar-refractivity contribution in [1.82, 2.24) is 15.0 Å². The zero-order chi connectivity index (χ0) is 16.4. The van der Waals surface area contributed by atoms with Crippen molar-refractivity contribution in [3.63, 3.8) is 0 Å². The maximum Gasteiger partial charge on any atom is 0.113 e. The topological polar surface area (TPSA) is 77.0 Å². The molecule has 0 aliphatic carbocycles. The monoisotopic (exact) mass is 348 g/mol. The molecule has 0 aliphatic rings. The number of aromatic nitrogens is 3. The molecule has 1 atom stereocenters. The van der Waals surface area contributed by atoms with Crippen LogP contribution in [0, 0.1) is 0 Å². The molecule has 0 amide bonds. The van der Waals surface area contributed by atoms with Gasteiger partial charge in [-0.15, -0.1) is 5.10 Å². The molecule has 3 N–H and O–H groups in total. The van der Waals surface area contributed by atoms with Crippen molar-refractivity contribution in [2.75, 3.05) is 5.73 Å². The molecule has 0 saturated carbocycles. The summed E-state index contributed by atoms with van der Waals surface area (Å²) in [6, 6.07) is 12.4. The maximum atomic E-state index is 10.3. The molecular formula is C16H14Cl2N4O. The largest absolute Gasteiger partial charge is 0.399 e. The van der Waals surface area contributed by atoms with E-state index in [1.165, 1.54) is 0 Å². The molecule has 0 saturated heterocycles. The molecule has 0 aliphatic heterocycles. The van der Waals surface area contributed by atoms with Gasteiger partial charge in [0.05, 0.1) is 12.7 Å². The van der Waals surface area contributed by atoms with Crippen LogP contribution >= 0.6 is 23.2 Å². The van der Waals surface area contributed by atoms with Gasteiger partial charge in [0.25, 0.3) is 0 Å². The number of rotatable bonds is 4. The van der Waals surface area contributed by atoms with Crippen LogP contribution in [0.1, 0.15) is 11.7 Å². The number of halogens is 2. The van der Waals surface area contributed by atoms with Crippen molar-refractivity contribution in [2.45, 2.75) is 12.6 Å². The SMILES string of the molecule is Nc1cccc(-c2cn(CC(O)c3ccc(Cl)cc3Cl)nn2)c1. The molecule has 118 valence electrons. The lowest BCUT2D eigenvalue weighted by molar-refractivity contribution is 0.151. The van der Waals surface area contributed by atoms with Crippen LogP contribution in [0.5, 0.6) is 0 Å². The molecular weight excluding hydrogens is 335 g/mol. The number of aliphatic hydroxyl groups excluding tert-OH is 1. The van der Waals surface area contributed by atoms with Crippen LogP contribution in [-0.2, 0) is 6.54 Å². The van der Waals surface area contributed by atoms with Gasteiger partial charge < -0.3 is 10.8 Å². The van der Waals surface area contributed by atoms with E-state index >= 15 is 0 Å². The van der Waals surface area contributed by atoms with Gasteiger partial charge in [0, 0.05) is 26.9 Å². The summed E-state index contributed by atoms with van der Waals surface area (Å²) in [5.41, 5.74) is 8.58. The summed E-state index contributed by atoms with van der Waals surface area (Å²) in [5, 5.41) is 19.4. The predicted molar refractivity (Wildman–Crippen MR) is 91.3 cm³/mol. The third kappa shape index (κ3) is 3.64. The fraction of sp³-hybridized carbons (Fsp3) is 0.125. The lowest BCUT2D eigenvalue weighted by Gasteiger charge is -2.12. The first-order valence-electron chi connectivity index (χ1n) is 6.92. The molecule has 1 heterocycles. The zero-order valence-electron chi connectivity index (χ0n) is 12.0. The Morgan fingerprint density at radius 1 is 1.17 bits per heavy atom. The first kappa shape index (κ1) is 15.8. The molecule has 3 aromatic rings. The Labute approximate surface area is 143 Å². The lowest BCUT2D eigenvalue weighted by atomic mass is 10.1. The first-order valence-corrected chi connectivity index (χ1v) is 7.67. The average molecular weight is 349 g/mol. The molecule has 0 bridgehead atoms. The Morgan fingerprint density at radius 3 is 2.74 bits per heavy atom. The Kier molecular flexibility index (Phi) is 4.52. The molecule has 1 unspecified atom stereocenters. The van der Waals surface area contributed by atoms with E-state index in [1.807, 2.05) is 18.2 Å². The van der Waals surface area contributed by atoms with Crippen LogP contribution in [0.3, 0.4) is 0 Å². The first-order chi connectivity index (χ1) is 11.0. The smallest absolute Gasteiger partial charge is 0.113 e. The number of hydrogen-bond donors (Lipinski definition) is 2. The average Bonchev–Trinajstić information content (AvgIpc) is 2.95.